The highest BCUT2D eigenvalue weighted by molar-refractivity contribution is 6.35. The summed E-state index contributed by atoms with van der Waals surface area (Å²) in [6.07, 6.45) is 0. The Morgan fingerprint density at radius 2 is 1.88 bits per heavy atom. The van der Waals surface area contributed by atoms with Crippen LogP contribution in [0.15, 0.2) is 71.8 Å². The number of benzene rings is 2. The number of imidazole rings is 1. The van der Waals surface area contributed by atoms with Crippen LogP contribution in [0.1, 0.15) is 16.1 Å². The quantitative estimate of drug-likeness (QED) is 0.179. The molecule has 4 aromatic rings. The molecule has 0 atom stereocenters. The molecule has 0 bridgehead atoms. The van der Waals surface area contributed by atoms with Gasteiger partial charge in [-0.05, 0) is 36.4 Å². The summed E-state index contributed by atoms with van der Waals surface area (Å²) in [7, 11) is 1.59. The molecule has 0 aliphatic carbocycles. The fraction of sp³-hybridized carbons (Fsp3) is 0.0909. The number of nitrogens with one attached hydrogen (secondary N) is 1. The van der Waals surface area contributed by atoms with E-state index in [2.05, 4.69) is 20.4 Å². The molecular formula is C22H21ClN8O2. The lowest BCUT2D eigenvalue weighted by molar-refractivity contribution is 0.102. The van der Waals surface area contributed by atoms with Crippen LogP contribution in [0.3, 0.4) is 0 Å². The maximum atomic E-state index is 12.4. The van der Waals surface area contributed by atoms with Gasteiger partial charge < -0.3 is 15.9 Å². The van der Waals surface area contributed by atoms with E-state index >= 15 is 0 Å². The van der Waals surface area contributed by atoms with Gasteiger partial charge in [-0.25, -0.2) is 15.4 Å². The predicted molar refractivity (Wildman–Crippen MR) is 127 cm³/mol. The third kappa shape index (κ3) is 4.71. The smallest absolute Gasteiger partial charge is 0.305 e. The number of fused-ring (bicyclic) bond motifs is 1. The number of para-hydroxylation sites is 1. The molecule has 0 radical (unpaired) electrons. The molecule has 0 unspecified atom stereocenters. The van der Waals surface area contributed by atoms with Gasteiger partial charge in [0.25, 0.3) is 5.91 Å². The van der Waals surface area contributed by atoms with Crippen LogP contribution in [0.2, 0.25) is 5.02 Å². The molecule has 0 saturated carbocycles. The van der Waals surface area contributed by atoms with Crippen molar-refractivity contribution >= 4 is 40.3 Å². The second-order valence-electron chi connectivity index (χ2n) is 7.00. The van der Waals surface area contributed by atoms with E-state index in [9.17, 15) is 4.79 Å². The van der Waals surface area contributed by atoms with Crippen molar-refractivity contribution in [3.05, 3.63) is 83.0 Å². The van der Waals surface area contributed by atoms with Gasteiger partial charge in [-0.3, -0.25) is 9.80 Å². The van der Waals surface area contributed by atoms with Crippen LogP contribution >= 0.6 is 11.6 Å². The van der Waals surface area contributed by atoms with Gasteiger partial charge in [-0.2, -0.15) is 4.98 Å². The number of nitrogens with two attached hydrogens (primary N) is 2. The predicted octanol–water partition coefficient (Wildman–Crippen LogP) is 2.80. The molecule has 0 fully saturated rings. The van der Waals surface area contributed by atoms with Crippen LogP contribution < -0.4 is 21.7 Å². The van der Waals surface area contributed by atoms with Gasteiger partial charge >= 0.3 is 6.01 Å². The molecule has 33 heavy (non-hydrogen) atoms. The van der Waals surface area contributed by atoms with Crippen molar-refractivity contribution in [3.8, 4) is 6.01 Å². The van der Waals surface area contributed by atoms with Gasteiger partial charge in [0.15, 0.2) is 0 Å². The first-order valence-corrected chi connectivity index (χ1v) is 10.2. The van der Waals surface area contributed by atoms with E-state index in [-0.39, 0.29) is 24.5 Å². The molecule has 2 aromatic heterocycles. The summed E-state index contributed by atoms with van der Waals surface area (Å²) < 4.78 is 7.50. The summed E-state index contributed by atoms with van der Waals surface area (Å²) in [5.41, 5.74) is 2.23. The maximum Gasteiger partial charge on any atom is 0.305 e. The molecule has 1 amide bonds. The van der Waals surface area contributed by atoms with Crippen molar-refractivity contribution in [2.24, 2.45) is 16.8 Å². The number of ether oxygens (including phenoxy) is 1. The first-order chi connectivity index (χ1) is 16.0. The Labute approximate surface area is 194 Å². The minimum Gasteiger partial charge on any atom is -0.458 e. The summed E-state index contributed by atoms with van der Waals surface area (Å²) in [4.78, 5) is 21.3. The number of pyridine rings is 1. The molecule has 10 nitrogen and oxygen atoms in total. The minimum absolute atomic E-state index is 0.0577. The highest BCUT2D eigenvalue weighted by Crippen LogP contribution is 2.28. The summed E-state index contributed by atoms with van der Waals surface area (Å²) in [5, 5.41) is 8.22. The number of carbonyl (C=O) groups excluding carboxylic acids is 1. The number of hydrogen-bond acceptors (Lipinski definition) is 7. The van der Waals surface area contributed by atoms with Gasteiger partial charge in [0.05, 0.1) is 16.2 Å². The van der Waals surface area contributed by atoms with E-state index in [0.717, 1.165) is 0 Å². The average Bonchev–Trinajstić information content (AvgIpc) is 3.18. The lowest BCUT2D eigenvalue weighted by Crippen LogP contribution is -2.39. The van der Waals surface area contributed by atoms with Crippen molar-refractivity contribution in [1.82, 2.24) is 19.5 Å². The van der Waals surface area contributed by atoms with Crippen molar-refractivity contribution in [2.75, 3.05) is 12.4 Å². The van der Waals surface area contributed by atoms with Gasteiger partial charge in [0.2, 0.25) is 5.96 Å². The highest BCUT2D eigenvalue weighted by atomic mass is 35.5. The molecule has 5 N–H and O–H groups in total. The summed E-state index contributed by atoms with van der Waals surface area (Å²) in [5.74, 6) is 11.8. The number of aromatic nitrogens is 3. The number of nitrogens with zero attached hydrogens (tertiary/aromatic N) is 5. The molecule has 4 rings (SSSR count). The second-order valence-corrected chi connectivity index (χ2v) is 7.41. The molecule has 0 aliphatic heterocycles. The zero-order valence-electron chi connectivity index (χ0n) is 17.6. The van der Waals surface area contributed by atoms with Crippen LogP contribution in [0.4, 0.5) is 5.82 Å². The van der Waals surface area contributed by atoms with Crippen LogP contribution in [0.5, 0.6) is 6.01 Å². The van der Waals surface area contributed by atoms with Crippen LogP contribution in [-0.2, 0) is 6.61 Å². The van der Waals surface area contributed by atoms with E-state index in [1.54, 1.807) is 72.3 Å². The molecule has 0 aliphatic rings. The van der Waals surface area contributed by atoms with Crippen molar-refractivity contribution in [1.29, 1.82) is 0 Å². The number of hydrazine groups is 1. The Balaban J connectivity index is 1.58. The van der Waals surface area contributed by atoms with Gasteiger partial charge in [-0.1, -0.05) is 41.9 Å². The number of amides is 1. The number of hydrazone groups is 1. The number of halogens is 1. The standard InChI is InChI=1S/C22H21ClN8O2/c1-30(25)21(29-24)31-17-11-6-10-16(23)19(17)28-22(31)33-13-15-9-5-12-18(26-15)27-20(32)14-7-3-2-4-8-14/h2-12H,13,24-25H2,1H3,(H,26,27,32)/b29-21+. The van der Waals surface area contributed by atoms with E-state index in [1.165, 1.54) is 5.01 Å². The Morgan fingerprint density at radius 3 is 2.61 bits per heavy atom. The Kier molecular flexibility index (Phi) is 6.38. The van der Waals surface area contributed by atoms with E-state index in [0.29, 0.717) is 33.1 Å². The van der Waals surface area contributed by atoms with E-state index < -0.39 is 0 Å². The lowest BCUT2D eigenvalue weighted by Gasteiger charge is -2.17. The number of carbonyl (C=O) groups is 1. The molecule has 2 aromatic carbocycles. The monoisotopic (exact) mass is 464 g/mol. The van der Waals surface area contributed by atoms with Crippen molar-refractivity contribution in [3.63, 3.8) is 0 Å². The largest absolute Gasteiger partial charge is 0.458 e. The van der Waals surface area contributed by atoms with E-state index in [1.807, 2.05) is 6.07 Å². The fourth-order valence-corrected chi connectivity index (χ4v) is 3.40. The van der Waals surface area contributed by atoms with Crippen LogP contribution in [-0.4, -0.2) is 38.5 Å². The summed E-state index contributed by atoms with van der Waals surface area (Å²) in [6, 6.07) is 19.6. The number of hydrogen-bond donors (Lipinski definition) is 3. The third-order valence-electron chi connectivity index (χ3n) is 4.67. The molecule has 168 valence electrons. The van der Waals surface area contributed by atoms with Crippen LogP contribution in [0, 0.1) is 0 Å². The zero-order valence-corrected chi connectivity index (χ0v) is 18.4. The second kappa shape index (κ2) is 9.55. The third-order valence-corrected chi connectivity index (χ3v) is 4.97. The first kappa shape index (κ1) is 22.1. The lowest BCUT2D eigenvalue weighted by atomic mass is 10.2. The van der Waals surface area contributed by atoms with Crippen molar-refractivity contribution in [2.45, 2.75) is 6.61 Å². The van der Waals surface area contributed by atoms with Gasteiger partial charge in [0.1, 0.15) is 17.9 Å². The molecular weight excluding hydrogens is 444 g/mol. The molecule has 0 spiro atoms. The molecule has 11 heteroatoms. The maximum absolute atomic E-state index is 12.4. The molecule has 0 saturated heterocycles. The van der Waals surface area contributed by atoms with Gasteiger partial charge in [-0.15, -0.1) is 5.10 Å². The highest BCUT2D eigenvalue weighted by Gasteiger charge is 2.20. The number of anilines is 1. The zero-order chi connectivity index (χ0) is 23.4. The minimum atomic E-state index is -0.257. The average molecular weight is 465 g/mol. The summed E-state index contributed by atoms with van der Waals surface area (Å²) in [6.45, 7) is 0.0577. The van der Waals surface area contributed by atoms with Crippen molar-refractivity contribution < 1.29 is 9.53 Å². The fourth-order valence-electron chi connectivity index (χ4n) is 3.19. The van der Waals surface area contributed by atoms with E-state index in [4.69, 9.17) is 28.0 Å². The van der Waals surface area contributed by atoms with Crippen LogP contribution in [0.25, 0.3) is 11.0 Å². The Morgan fingerprint density at radius 1 is 1.12 bits per heavy atom. The SMILES string of the molecule is CN(N)/C(=N\N)n1c(OCc2cccc(NC(=O)c3ccccc3)n2)nc2c(Cl)cccc21. The molecule has 2 heterocycles. The van der Waals surface area contributed by atoms with Gasteiger partial charge in [0, 0.05) is 12.6 Å². The Hall–Kier alpha value is -4.15. The Bertz CT molecular complexity index is 1320. The number of rotatable bonds is 5. The first-order valence-electron chi connectivity index (χ1n) is 9.86. The topological polar surface area (TPSA) is 137 Å². The normalized spacial score (nSPS) is 11.4. The summed E-state index contributed by atoms with van der Waals surface area (Å²) >= 11 is 6.31.